The minimum Gasteiger partial charge on any atom is -0.318 e. The van der Waals surface area contributed by atoms with Crippen LogP contribution in [-0.2, 0) is 0 Å². The Labute approximate surface area is 143 Å². The molecule has 0 aliphatic rings. The average Bonchev–Trinajstić information content (AvgIpc) is 2.96. The van der Waals surface area contributed by atoms with Gasteiger partial charge in [0, 0.05) is 16.0 Å². The Bertz CT molecular complexity index is 814. The number of aryl methyl sites for hydroxylation is 1. The van der Waals surface area contributed by atoms with Gasteiger partial charge in [-0.1, -0.05) is 47.5 Å². The number of benzene rings is 2. The van der Waals surface area contributed by atoms with Crippen LogP contribution in [0.25, 0.3) is 11.3 Å². The second-order valence-electron chi connectivity index (χ2n) is 5.03. The summed E-state index contributed by atoms with van der Waals surface area (Å²) in [6.45, 7) is 2.06. The summed E-state index contributed by atoms with van der Waals surface area (Å²) in [5.74, 6) is 0. The predicted octanol–water partition coefficient (Wildman–Crippen LogP) is 5.47. The summed E-state index contributed by atoms with van der Waals surface area (Å²) in [5.41, 5.74) is 10.3. The Morgan fingerprint density at radius 3 is 2.64 bits per heavy atom. The molecule has 1 unspecified atom stereocenters. The molecule has 0 radical (unpaired) electrons. The van der Waals surface area contributed by atoms with Gasteiger partial charge in [-0.15, -0.1) is 11.3 Å². The number of halogens is 2. The van der Waals surface area contributed by atoms with E-state index in [1.807, 2.05) is 35.7 Å². The third-order valence-electron chi connectivity index (χ3n) is 3.52. The molecule has 3 rings (SSSR count). The van der Waals surface area contributed by atoms with Crippen molar-refractivity contribution in [1.29, 1.82) is 0 Å². The van der Waals surface area contributed by atoms with E-state index in [0.29, 0.717) is 10.0 Å². The Kier molecular flexibility index (Phi) is 4.50. The van der Waals surface area contributed by atoms with Gasteiger partial charge in [-0.05, 0) is 36.2 Å². The molecule has 2 aromatic carbocycles. The third kappa shape index (κ3) is 3.03. The molecule has 0 amide bonds. The first-order valence-electron chi connectivity index (χ1n) is 6.78. The predicted molar refractivity (Wildman–Crippen MR) is 94.8 cm³/mol. The van der Waals surface area contributed by atoms with Gasteiger partial charge in [-0.3, -0.25) is 0 Å². The van der Waals surface area contributed by atoms with Crippen LogP contribution in [0.5, 0.6) is 0 Å². The van der Waals surface area contributed by atoms with E-state index in [1.54, 1.807) is 17.4 Å². The van der Waals surface area contributed by atoms with Crippen LogP contribution in [0.15, 0.2) is 47.8 Å². The lowest BCUT2D eigenvalue weighted by atomic mass is 10.0. The van der Waals surface area contributed by atoms with Crippen molar-refractivity contribution in [2.75, 3.05) is 0 Å². The summed E-state index contributed by atoms with van der Waals surface area (Å²) in [7, 11) is 0. The molecule has 0 fully saturated rings. The van der Waals surface area contributed by atoms with Crippen molar-refractivity contribution in [2.24, 2.45) is 5.73 Å². The monoisotopic (exact) mass is 348 g/mol. The SMILES string of the molecule is Cc1ccccc1C(N)c1nc(-c2ccc(Cl)cc2Cl)cs1. The highest BCUT2D eigenvalue weighted by molar-refractivity contribution is 7.10. The largest absolute Gasteiger partial charge is 0.318 e. The fourth-order valence-corrected chi connectivity index (χ4v) is 3.66. The van der Waals surface area contributed by atoms with Gasteiger partial charge in [0.05, 0.1) is 16.8 Å². The number of nitrogens with two attached hydrogens (primary N) is 1. The summed E-state index contributed by atoms with van der Waals surface area (Å²) in [5, 5.41) is 4.05. The zero-order valence-corrected chi connectivity index (χ0v) is 14.2. The zero-order chi connectivity index (χ0) is 15.7. The maximum Gasteiger partial charge on any atom is 0.115 e. The van der Waals surface area contributed by atoms with Crippen LogP contribution in [0.1, 0.15) is 22.2 Å². The van der Waals surface area contributed by atoms with Crippen molar-refractivity contribution in [2.45, 2.75) is 13.0 Å². The number of aromatic nitrogens is 1. The van der Waals surface area contributed by atoms with Crippen molar-refractivity contribution in [1.82, 2.24) is 4.98 Å². The van der Waals surface area contributed by atoms with E-state index in [0.717, 1.165) is 27.4 Å². The summed E-state index contributed by atoms with van der Waals surface area (Å²) >= 11 is 13.7. The molecule has 2 N–H and O–H groups in total. The first kappa shape index (κ1) is 15.5. The molecule has 3 aromatic rings. The van der Waals surface area contributed by atoms with E-state index < -0.39 is 0 Å². The Morgan fingerprint density at radius 2 is 1.91 bits per heavy atom. The molecule has 0 bridgehead atoms. The number of hydrogen-bond donors (Lipinski definition) is 1. The summed E-state index contributed by atoms with van der Waals surface area (Å²) in [6, 6.07) is 13.3. The molecule has 0 spiro atoms. The molecule has 1 aromatic heterocycles. The van der Waals surface area contributed by atoms with Crippen LogP contribution in [0, 0.1) is 6.92 Å². The molecule has 22 heavy (non-hydrogen) atoms. The summed E-state index contributed by atoms with van der Waals surface area (Å²) in [4.78, 5) is 4.65. The zero-order valence-electron chi connectivity index (χ0n) is 11.9. The highest BCUT2D eigenvalue weighted by Crippen LogP contribution is 2.33. The average molecular weight is 349 g/mol. The van der Waals surface area contributed by atoms with Gasteiger partial charge >= 0.3 is 0 Å². The van der Waals surface area contributed by atoms with Crippen LogP contribution in [0.2, 0.25) is 10.0 Å². The fraction of sp³-hybridized carbons (Fsp3) is 0.118. The first-order chi connectivity index (χ1) is 10.6. The second kappa shape index (κ2) is 6.39. The van der Waals surface area contributed by atoms with E-state index >= 15 is 0 Å². The summed E-state index contributed by atoms with van der Waals surface area (Å²) in [6.07, 6.45) is 0. The Hall–Kier alpha value is -1.39. The van der Waals surface area contributed by atoms with Gasteiger partial charge in [0.1, 0.15) is 5.01 Å². The van der Waals surface area contributed by atoms with Crippen LogP contribution in [-0.4, -0.2) is 4.98 Å². The first-order valence-corrected chi connectivity index (χ1v) is 8.42. The Balaban J connectivity index is 1.95. The van der Waals surface area contributed by atoms with Crippen LogP contribution in [0.3, 0.4) is 0 Å². The van der Waals surface area contributed by atoms with Crippen LogP contribution in [0.4, 0.5) is 0 Å². The molecule has 0 aliphatic heterocycles. The van der Waals surface area contributed by atoms with Gasteiger partial charge in [-0.25, -0.2) is 4.98 Å². The standard InChI is InChI=1S/C17H14Cl2N2S/c1-10-4-2-3-5-12(10)16(20)17-21-15(9-22-17)13-7-6-11(18)8-14(13)19/h2-9,16H,20H2,1H3. The highest BCUT2D eigenvalue weighted by atomic mass is 35.5. The van der Waals surface area contributed by atoms with Crippen LogP contribution < -0.4 is 5.73 Å². The van der Waals surface area contributed by atoms with Crippen molar-refractivity contribution in [3.05, 3.63) is 74.0 Å². The minimum absolute atomic E-state index is 0.231. The number of nitrogens with zero attached hydrogens (tertiary/aromatic N) is 1. The van der Waals surface area contributed by atoms with E-state index in [1.165, 1.54) is 0 Å². The van der Waals surface area contributed by atoms with Gasteiger partial charge < -0.3 is 5.73 Å². The number of thiazole rings is 1. The van der Waals surface area contributed by atoms with E-state index in [-0.39, 0.29) is 6.04 Å². The molecule has 2 nitrogen and oxygen atoms in total. The van der Waals surface area contributed by atoms with Crippen molar-refractivity contribution >= 4 is 34.5 Å². The van der Waals surface area contributed by atoms with Gasteiger partial charge in [0.2, 0.25) is 0 Å². The molecular formula is C17H14Cl2N2S. The van der Waals surface area contributed by atoms with Gasteiger partial charge in [-0.2, -0.15) is 0 Å². The second-order valence-corrected chi connectivity index (χ2v) is 6.76. The fourth-order valence-electron chi connectivity index (χ4n) is 2.32. The van der Waals surface area contributed by atoms with Gasteiger partial charge in [0.15, 0.2) is 0 Å². The number of hydrogen-bond acceptors (Lipinski definition) is 3. The molecule has 0 saturated heterocycles. The smallest absolute Gasteiger partial charge is 0.115 e. The quantitative estimate of drug-likeness (QED) is 0.681. The van der Waals surface area contributed by atoms with Crippen molar-refractivity contribution in [3.63, 3.8) is 0 Å². The van der Waals surface area contributed by atoms with Crippen LogP contribution >= 0.6 is 34.5 Å². The molecule has 5 heteroatoms. The molecule has 112 valence electrons. The molecule has 1 heterocycles. The maximum atomic E-state index is 6.36. The van der Waals surface area contributed by atoms with Crippen molar-refractivity contribution in [3.8, 4) is 11.3 Å². The van der Waals surface area contributed by atoms with E-state index in [4.69, 9.17) is 28.9 Å². The summed E-state index contributed by atoms with van der Waals surface area (Å²) < 4.78 is 0. The van der Waals surface area contributed by atoms with Crippen molar-refractivity contribution < 1.29 is 0 Å². The Morgan fingerprint density at radius 1 is 1.14 bits per heavy atom. The molecule has 0 saturated carbocycles. The minimum atomic E-state index is -0.231. The lowest BCUT2D eigenvalue weighted by molar-refractivity contribution is 0.850. The highest BCUT2D eigenvalue weighted by Gasteiger charge is 2.16. The lowest BCUT2D eigenvalue weighted by Gasteiger charge is -2.11. The van der Waals surface area contributed by atoms with E-state index in [2.05, 4.69) is 18.0 Å². The molecule has 1 atom stereocenters. The molecular weight excluding hydrogens is 335 g/mol. The van der Waals surface area contributed by atoms with E-state index in [9.17, 15) is 0 Å². The molecule has 0 aliphatic carbocycles. The lowest BCUT2D eigenvalue weighted by Crippen LogP contribution is -2.12. The normalized spacial score (nSPS) is 12.4. The third-order valence-corrected chi connectivity index (χ3v) is 4.99. The maximum absolute atomic E-state index is 6.36. The number of rotatable bonds is 3. The van der Waals surface area contributed by atoms with Gasteiger partial charge in [0.25, 0.3) is 0 Å². The topological polar surface area (TPSA) is 38.9 Å².